The van der Waals surface area contributed by atoms with Gasteiger partial charge in [-0.2, -0.15) is 0 Å². The van der Waals surface area contributed by atoms with Gasteiger partial charge in [-0.05, 0) is 56.5 Å². The van der Waals surface area contributed by atoms with Gasteiger partial charge in [-0.1, -0.05) is 29.8 Å². The molecule has 1 N–H and O–H groups in total. The molecular weight excluding hydrogens is 300 g/mol. The van der Waals surface area contributed by atoms with E-state index in [0.717, 1.165) is 17.6 Å². The lowest BCUT2D eigenvalue weighted by molar-refractivity contribution is 0.271. The molecule has 0 aliphatic carbocycles. The molecule has 1 aromatic carbocycles. The number of halogens is 1. The fourth-order valence-corrected chi connectivity index (χ4v) is 3.24. The highest BCUT2D eigenvalue weighted by atomic mass is 79.9. The summed E-state index contributed by atoms with van der Waals surface area (Å²) in [7, 11) is 0. The topological polar surface area (TPSA) is 15.3 Å². The molecule has 0 spiro atoms. The van der Waals surface area contributed by atoms with E-state index >= 15 is 0 Å². The Morgan fingerprint density at radius 3 is 2.58 bits per heavy atom. The number of rotatable bonds is 4. The van der Waals surface area contributed by atoms with Crippen LogP contribution < -0.4 is 10.2 Å². The van der Waals surface area contributed by atoms with Gasteiger partial charge < -0.3 is 10.2 Å². The Kier molecular flexibility index (Phi) is 5.28. The van der Waals surface area contributed by atoms with E-state index in [4.69, 9.17) is 0 Å². The van der Waals surface area contributed by atoms with Crippen molar-refractivity contribution in [2.45, 2.75) is 45.7 Å². The Morgan fingerprint density at radius 2 is 1.95 bits per heavy atom. The van der Waals surface area contributed by atoms with Crippen LogP contribution in [0.5, 0.6) is 0 Å². The van der Waals surface area contributed by atoms with Crippen LogP contribution in [0.3, 0.4) is 0 Å². The van der Waals surface area contributed by atoms with Crippen molar-refractivity contribution in [3.8, 4) is 0 Å². The molecule has 1 aliphatic rings. The molecule has 1 saturated heterocycles. The van der Waals surface area contributed by atoms with Gasteiger partial charge in [0, 0.05) is 28.8 Å². The normalized spacial score (nSPS) is 27.6. The molecule has 106 valence electrons. The van der Waals surface area contributed by atoms with Crippen molar-refractivity contribution in [1.29, 1.82) is 0 Å². The largest absolute Gasteiger partial charge is 0.368 e. The predicted molar refractivity (Wildman–Crippen MR) is 86.8 cm³/mol. The number of piperidine rings is 1. The first-order valence-corrected chi connectivity index (χ1v) is 8.18. The SMILES string of the molecule is CCCNC1CCN(c2ccc(Br)cc2)C(C)C1C. The lowest BCUT2D eigenvalue weighted by Gasteiger charge is -2.44. The molecule has 0 radical (unpaired) electrons. The molecule has 3 unspecified atom stereocenters. The Morgan fingerprint density at radius 1 is 1.26 bits per heavy atom. The highest BCUT2D eigenvalue weighted by Gasteiger charge is 2.31. The zero-order valence-corrected chi connectivity index (χ0v) is 13.8. The van der Waals surface area contributed by atoms with E-state index in [1.54, 1.807) is 0 Å². The van der Waals surface area contributed by atoms with Crippen molar-refractivity contribution in [1.82, 2.24) is 5.32 Å². The van der Waals surface area contributed by atoms with Crippen molar-refractivity contribution in [3.63, 3.8) is 0 Å². The molecule has 0 bridgehead atoms. The standard InChI is InChI=1S/C16H25BrN2/c1-4-10-18-16-9-11-19(13(3)12(16)2)15-7-5-14(17)6-8-15/h5-8,12-13,16,18H,4,9-11H2,1-3H3. The molecule has 3 heteroatoms. The second-order valence-electron chi connectivity index (χ2n) is 5.62. The third-order valence-corrected chi connectivity index (χ3v) is 4.91. The van der Waals surface area contributed by atoms with Crippen molar-refractivity contribution in [2.24, 2.45) is 5.92 Å². The Balaban J connectivity index is 2.04. The van der Waals surface area contributed by atoms with Crippen LogP contribution in [-0.4, -0.2) is 25.2 Å². The molecule has 1 fully saturated rings. The number of benzene rings is 1. The van der Waals surface area contributed by atoms with Crippen LogP contribution in [0.15, 0.2) is 28.7 Å². The van der Waals surface area contributed by atoms with E-state index < -0.39 is 0 Å². The second-order valence-corrected chi connectivity index (χ2v) is 6.53. The molecule has 0 aromatic heterocycles. The summed E-state index contributed by atoms with van der Waals surface area (Å²) in [5.74, 6) is 0.684. The van der Waals surface area contributed by atoms with Crippen LogP contribution in [0.1, 0.15) is 33.6 Å². The fourth-order valence-electron chi connectivity index (χ4n) is 2.98. The maximum absolute atomic E-state index is 3.70. The van der Waals surface area contributed by atoms with Gasteiger partial charge in [0.05, 0.1) is 0 Å². The van der Waals surface area contributed by atoms with Crippen LogP contribution >= 0.6 is 15.9 Å². The minimum Gasteiger partial charge on any atom is -0.368 e. The Labute approximate surface area is 125 Å². The number of nitrogens with zero attached hydrogens (tertiary/aromatic N) is 1. The molecule has 2 nitrogen and oxygen atoms in total. The van der Waals surface area contributed by atoms with Crippen LogP contribution in [0.2, 0.25) is 0 Å². The highest BCUT2D eigenvalue weighted by Crippen LogP contribution is 2.29. The minimum absolute atomic E-state index is 0.587. The quantitative estimate of drug-likeness (QED) is 0.898. The molecule has 1 aromatic rings. The van der Waals surface area contributed by atoms with Crippen molar-refractivity contribution >= 4 is 21.6 Å². The number of anilines is 1. The third-order valence-electron chi connectivity index (χ3n) is 4.38. The Bertz CT molecular complexity index is 390. The van der Waals surface area contributed by atoms with E-state index in [1.165, 1.54) is 18.5 Å². The van der Waals surface area contributed by atoms with Gasteiger partial charge in [0.1, 0.15) is 0 Å². The molecular formula is C16H25BrN2. The molecule has 1 aliphatic heterocycles. The summed E-state index contributed by atoms with van der Waals surface area (Å²) in [6, 6.07) is 9.95. The minimum atomic E-state index is 0.587. The summed E-state index contributed by atoms with van der Waals surface area (Å²) in [6.07, 6.45) is 2.45. The van der Waals surface area contributed by atoms with Crippen LogP contribution in [0.25, 0.3) is 0 Å². The van der Waals surface area contributed by atoms with Gasteiger partial charge in [-0.3, -0.25) is 0 Å². The summed E-state index contributed by atoms with van der Waals surface area (Å²) in [6.45, 7) is 9.25. The summed E-state index contributed by atoms with van der Waals surface area (Å²) < 4.78 is 1.15. The average Bonchev–Trinajstić information content (AvgIpc) is 2.42. The zero-order valence-electron chi connectivity index (χ0n) is 12.2. The first-order chi connectivity index (χ1) is 9.13. The zero-order chi connectivity index (χ0) is 13.8. The molecule has 3 atom stereocenters. The highest BCUT2D eigenvalue weighted by molar-refractivity contribution is 9.10. The molecule has 19 heavy (non-hydrogen) atoms. The smallest absolute Gasteiger partial charge is 0.0369 e. The molecule has 0 saturated carbocycles. The molecule has 1 heterocycles. The maximum atomic E-state index is 3.70. The van der Waals surface area contributed by atoms with Gasteiger partial charge in [-0.15, -0.1) is 0 Å². The number of hydrogen-bond acceptors (Lipinski definition) is 2. The molecule has 2 rings (SSSR count). The van der Waals surface area contributed by atoms with E-state index in [-0.39, 0.29) is 0 Å². The van der Waals surface area contributed by atoms with Crippen LogP contribution in [0.4, 0.5) is 5.69 Å². The van der Waals surface area contributed by atoms with Gasteiger partial charge in [0.2, 0.25) is 0 Å². The van der Waals surface area contributed by atoms with Crippen LogP contribution in [-0.2, 0) is 0 Å². The lowest BCUT2D eigenvalue weighted by atomic mass is 9.86. The summed E-state index contributed by atoms with van der Waals surface area (Å²) in [4.78, 5) is 2.54. The van der Waals surface area contributed by atoms with Gasteiger partial charge >= 0.3 is 0 Å². The molecule has 0 amide bonds. The number of nitrogens with one attached hydrogen (secondary N) is 1. The van der Waals surface area contributed by atoms with E-state index in [1.807, 2.05) is 0 Å². The van der Waals surface area contributed by atoms with Crippen molar-refractivity contribution in [3.05, 3.63) is 28.7 Å². The monoisotopic (exact) mass is 324 g/mol. The van der Waals surface area contributed by atoms with E-state index in [2.05, 4.69) is 71.2 Å². The van der Waals surface area contributed by atoms with Gasteiger partial charge in [0.15, 0.2) is 0 Å². The second kappa shape index (κ2) is 6.76. The van der Waals surface area contributed by atoms with E-state index in [0.29, 0.717) is 18.0 Å². The van der Waals surface area contributed by atoms with Crippen LogP contribution in [0, 0.1) is 5.92 Å². The van der Waals surface area contributed by atoms with Gasteiger partial charge in [0.25, 0.3) is 0 Å². The third kappa shape index (κ3) is 3.51. The van der Waals surface area contributed by atoms with Crippen molar-refractivity contribution < 1.29 is 0 Å². The van der Waals surface area contributed by atoms with Gasteiger partial charge in [-0.25, -0.2) is 0 Å². The predicted octanol–water partition coefficient (Wildman–Crippen LogP) is 4.05. The lowest BCUT2D eigenvalue weighted by Crippen LogP contribution is -2.53. The first kappa shape index (κ1) is 14.9. The maximum Gasteiger partial charge on any atom is 0.0369 e. The summed E-state index contributed by atoms with van der Waals surface area (Å²) >= 11 is 3.51. The van der Waals surface area contributed by atoms with Crippen molar-refractivity contribution in [2.75, 3.05) is 18.0 Å². The number of hydrogen-bond donors (Lipinski definition) is 1. The average molecular weight is 325 g/mol. The van der Waals surface area contributed by atoms with E-state index in [9.17, 15) is 0 Å². The summed E-state index contributed by atoms with van der Waals surface area (Å²) in [5.41, 5.74) is 1.34. The summed E-state index contributed by atoms with van der Waals surface area (Å²) in [5, 5.41) is 3.70. The first-order valence-electron chi connectivity index (χ1n) is 7.39. The fraction of sp³-hybridized carbons (Fsp3) is 0.625. The Hall–Kier alpha value is -0.540.